The van der Waals surface area contributed by atoms with Gasteiger partial charge in [-0.25, -0.2) is 5.11 Å². The van der Waals surface area contributed by atoms with Gasteiger partial charge in [0.15, 0.2) is 0 Å². The molecular formula is C17H24O2. The SMILES string of the molecule is CCCCC(CC)COc1[c]ccc(C=CC[O])c1. The molecule has 0 spiro atoms. The van der Waals surface area contributed by atoms with Crippen LogP contribution in [0, 0.1) is 12.0 Å². The van der Waals surface area contributed by atoms with Gasteiger partial charge in [0.1, 0.15) is 12.4 Å². The van der Waals surface area contributed by atoms with Gasteiger partial charge in [0.2, 0.25) is 0 Å². The minimum Gasteiger partial charge on any atom is -0.493 e. The third-order valence-electron chi connectivity index (χ3n) is 3.22. The zero-order valence-electron chi connectivity index (χ0n) is 12.0. The predicted octanol–water partition coefficient (Wildman–Crippen LogP) is 4.53. The fourth-order valence-corrected chi connectivity index (χ4v) is 1.94. The molecule has 0 saturated carbocycles. The molecule has 0 fully saturated rings. The van der Waals surface area contributed by atoms with Gasteiger partial charge in [0.25, 0.3) is 0 Å². The Kier molecular flexibility index (Phi) is 7.99. The van der Waals surface area contributed by atoms with E-state index >= 15 is 0 Å². The molecule has 0 saturated heterocycles. The van der Waals surface area contributed by atoms with E-state index in [0.717, 1.165) is 24.3 Å². The molecule has 2 nitrogen and oxygen atoms in total. The van der Waals surface area contributed by atoms with Crippen LogP contribution in [0.2, 0.25) is 0 Å². The monoisotopic (exact) mass is 260 g/mol. The number of ether oxygens (including phenoxy) is 1. The molecule has 104 valence electrons. The Morgan fingerprint density at radius 1 is 1.42 bits per heavy atom. The summed E-state index contributed by atoms with van der Waals surface area (Å²) in [7, 11) is 0. The van der Waals surface area contributed by atoms with Crippen LogP contribution in [0.1, 0.15) is 45.1 Å². The van der Waals surface area contributed by atoms with E-state index in [9.17, 15) is 5.11 Å². The summed E-state index contributed by atoms with van der Waals surface area (Å²) < 4.78 is 5.81. The lowest BCUT2D eigenvalue weighted by atomic mass is 10.0. The maximum Gasteiger partial charge on any atom is 0.127 e. The fourth-order valence-electron chi connectivity index (χ4n) is 1.94. The highest BCUT2D eigenvalue weighted by molar-refractivity contribution is 5.51. The molecule has 0 bridgehead atoms. The molecular weight excluding hydrogens is 236 g/mol. The van der Waals surface area contributed by atoms with Gasteiger partial charge in [0, 0.05) is 6.07 Å². The summed E-state index contributed by atoms with van der Waals surface area (Å²) in [6.45, 7) is 4.99. The van der Waals surface area contributed by atoms with Gasteiger partial charge >= 0.3 is 0 Å². The molecule has 1 unspecified atom stereocenters. The topological polar surface area (TPSA) is 29.1 Å². The Labute approximate surface area is 117 Å². The van der Waals surface area contributed by atoms with Crippen molar-refractivity contribution in [2.45, 2.75) is 39.5 Å². The van der Waals surface area contributed by atoms with E-state index in [0.29, 0.717) is 5.92 Å². The fraction of sp³-hybridized carbons (Fsp3) is 0.529. The van der Waals surface area contributed by atoms with E-state index in [-0.39, 0.29) is 6.61 Å². The number of rotatable bonds is 9. The van der Waals surface area contributed by atoms with E-state index in [1.54, 1.807) is 6.08 Å². The van der Waals surface area contributed by atoms with Crippen molar-refractivity contribution in [2.24, 2.45) is 5.92 Å². The summed E-state index contributed by atoms with van der Waals surface area (Å²) in [5.74, 6) is 1.39. The van der Waals surface area contributed by atoms with Gasteiger partial charge < -0.3 is 4.74 Å². The van der Waals surface area contributed by atoms with E-state index in [1.807, 2.05) is 24.3 Å². The highest BCUT2D eigenvalue weighted by Gasteiger charge is 2.07. The van der Waals surface area contributed by atoms with Crippen molar-refractivity contribution in [1.82, 2.24) is 0 Å². The molecule has 2 radical (unpaired) electrons. The quantitative estimate of drug-likeness (QED) is 0.641. The Morgan fingerprint density at radius 3 is 2.95 bits per heavy atom. The molecule has 0 heterocycles. The molecule has 1 rings (SSSR count). The van der Waals surface area contributed by atoms with Gasteiger partial charge in [0.05, 0.1) is 6.61 Å². The minimum absolute atomic E-state index is 0.191. The smallest absolute Gasteiger partial charge is 0.127 e. The summed E-state index contributed by atoms with van der Waals surface area (Å²) in [6.07, 6.45) is 8.30. The van der Waals surface area contributed by atoms with E-state index < -0.39 is 0 Å². The average Bonchev–Trinajstić information content (AvgIpc) is 2.46. The Hall–Kier alpha value is -1.28. The van der Waals surface area contributed by atoms with Crippen molar-refractivity contribution in [2.75, 3.05) is 13.2 Å². The van der Waals surface area contributed by atoms with Crippen LogP contribution in [0.4, 0.5) is 0 Å². The lowest BCUT2D eigenvalue weighted by Gasteiger charge is -2.15. The molecule has 0 amide bonds. The van der Waals surface area contributed by atoms with Gasteiger partial charge in [-0.2, -0.15) is 0 Å². The summed E-state index contributed by atoms with van der Waals surface area (Å²) in [4.78, 5) is 0. The number of hydrogen-bond acceptors (Lipinski definition) is 1. The minimum atomic E-state index is -0.191. The largest absolute Gasteiger partial charge is 0.493 e. The van der Waals surface area contributed by atoms with Crippen LogP contribution >= 0.6 is 0 Å². The molecule has 1 atom stereocenters. The molecule has 2 heteroatoms. The summed E-state index contributed by atoms with van der Waals surface area (Å²) >= 11 is 0. The maximum absolute atomic E-state index is 10.4. The molecule has 1 aromatic carbocycles. The first-order chi connectivity index (χ1) is 9.30. The van der Waals surface area contributed by atoms with Gasteiger partial charge in [-0.3, -0.25) is 0 Å². The molecule has 1 aromatic rings. The van der Waals surface area contributed by atoms with Crippen LogP contribution in [0.3, 0.4) is 0 Å². The first kappa shape index (κ1) is 15.8. The highest BCUT2D eigenvalue weighted by atomic mass is 16.5. The first-order valence-electron chi connectivity index (χ1n) is 7.19. The molecule has 0 aliphatic rings. The lowest BCUT2D eigenvalue weighted by molar-refractivity contribution is 0.232. The van der Waals surface area contributed by atoms with E-state index in [2.05, 4.69) is 19.9 Å². The number of hydrogen-bond donors (Lipinski definition) is 0. The standard InChI is InChI=1S/C17H24O2/c1-3-5-8-15(4-2)14-19-17-11-6-9-16(13-17)10-7-12-18/h6-7,9-10,13,15H,3-5,8,12,14H2,1-2H3. The normalized spacial score (nSPS) is 12.8. The van der Waals surface area contributed by atoms with Crippen molar-refractivity contribution in [3.8, 4) is 5.75 Å². The summed E-state index contributed by atoms with van der Waals surface area (Å²) in [5.41, 5.74) is 0.992. The Bertz CT molecular complexity index is 371. The molecule has 0 aliphatic heterocycles. The third-order valence-corrected chi connectivity index (χ3v) is 3.22. The van der Waals surface area contributed by atoms with Gasteiger partial charge in [-0.1, -0.05) is 51.3 Å². The first-order valence-corrected chi connectivity index (χ1v) is 7.19. The van der Waals surface area contributed by atoms with Crippen molar-refractivity contribution in [3.05, 3.63) is 35.9 Å². The van der Waals surface area contributed by atoms with Crippen LogP contribution in [0.25, 0.3) is 6.08 Å². The molecule has 0 aliphatic carbocycles. The van der Waals surface area contributed by atoms with Crippen LogP contribution < -0.4 is 4.74 Å². The third kappa shape index (κ3) is 6.44. The Balaban J connectivity index is 2.49. The Morgan fingerprint density at radius 2 is 2.26 bits per heavy atom. The van der Waals surface area contributed by atoms with Crippen LogP contribution in [-0.4, -0.2) is 13.2 Å². The van der Waals surface area contributed by atoms with Crippen LogP contribution in [0.15, 0.2) is 24.3 Å². The lowest BCUT2D eigenvalue weighted by Crippen LogP contribution is -2.11. The maximum atomic E-state index is 10.4. The number of benzene rings is 1. The van der Waals surface area contributed by atoms with Crippen molar-refractivity contribution in [3.63, 3.8) is 0 Å². The number of unbranched alkanes of at least 4 members (excludes halogenated alkanes) is 1. The summed E-state index contributed by atoms with van der Waals surface area (Å²) in [6, 6.07) is 8.78. The molecule has 19 heavy (non-hydrogen) atoms. The van der Waals surface area contributed by atoms with Crippen molar-refractivity contribution in [1.29, 1.82) is 0 Å². The predicted molar refractivity (Wildman–Crippen MR) is 78.7 cm³/mol. The molecule has 0 N–H and O–H groups in total. The van der Waals surface area contributed by atoms with Gasteiger partial charge in [-0.05, 0) is 30.0 Å². The second-order valence-electron chi connectivity index (χ2n) is 4.78. The zero-order chi connectivity index (χ0) is 13.9. The van der Waals surface area contributed by atoms with Crippen LogP contribution in [-0.2, 0) is 5.11 Å². The second kappa shape index (κ2) is 9.62. The second-order valence-corrected chi connectivity index (χ2v) is 4.78. The van der Waals surface area contributed by atoms with Gasteiger partial charge in [-0.15, -0.1) is 0 Å². The van der Waals surface area contributed by atoms with Crippen LogP contribution in [0.5, 0.6) is 5.75 Å². The van der Waals surface area contributed by atoms with Crippen molar-refractivity contribution < 1.29 is 9.84 Å². The zero-order valence-corrected chi connectivity index (χ0v) is 12.0. The van der Waals surface area contributed by atoms with E-state index in [4.69, 9.17) is 4.74 Å². The highest BCUT2D eigenvalue weighted by Crippen LogP contribution is 2.18. The molecule has 0 aromatic heterocycles. The van der Waals surface area contributed by atoms with E-state index in [1.165, 1.54) is 19.3 Å². The average molecular weight is 260 g/mol. The van der Waals surface area contributed by atoms with Crippen molar-refractivity contribution >= 4 is 6.08 Å². The summed E-state index contributed by atoms with van der Waals surface area (Å²) in [5, 5.41) is 10.4.